The number of hydrogen-bond acceptors (Lipinski definition) is 4. The first-order valence-electron chi connectivity index (χ1n) is 7.51. The summed E-state index contributed by atoms with van der Waals surface area (Å²) in [5.74, 6) is 1.80. The zero-order valence-corrected chi connectivity index (χ0v) is 13.0. The smallest absolute Gasteiger partial charge is 0.231 e. The Balaban J connectivity index is 1.37. The van der Waals surface area contributed by atoms with Gasteiger partial charge < -0.3 is 14.4 Å². The van der Waals surface area contributed by atoms with Crippen molar-refractivity contribution in [2.45, 2.75) is 25.8 Å². The van der Waals surface area contributed by atoms with E-state index in [2.05, 4.69) is 11.4 Å². The summed E-state index contributed by atoms with van der Waals surface area (Å²) in [6.45, 7) is 1.89. The highest BCUT2D eigenvalue weighted by Crippen LogP contribution is 2.33. The first kappa shape index (κ1) is 13.6. The van der Waals surface area contributed by atoms with Gasteiger partial charge >= 0.3 is 0 Å². The van der Waals surface area contributed by atoms with E-state index in [1.807, 2.05) is 23.1 Å². The largest absolute Gasteiger partial charge is 0.454 e. The Hall–Kier alpha value is -2.01. The Morgan fingerprint density at radius 1 is 1.23 bits per heavy atom. The van der Waals surface area contributed by atoms with Crippen LogP contribution in [0.15, 0.2) is 29.6 Å². The molecular formula is C17H17NO3S. The lowest BCUT2D eigenvalue weighted by Gasteiger charge is -2.27. The lowest BCUT2D eigenvalue weighted by Crippen LogP contribution is -2.35. The van der Waals surface area contributed by atoms with E-state index >= 15 is 0 Å². The van der Waals surface area contributed by atoms with Crippen molar-refractivity contribution in [3.63, 3.8) is 0 Å². The topological polar surface area (TPSA) is 38.8 Å². The zero-order chi connectivity index (χ0) is 14.9. The summed E-state index contributed by atoms with van der Waals surface area (Å²) in [6, 6.07) is 8.04. The number of carbonyl (C=O) groups is 1. The summed E-state index contributed by atoms with van der Waals surface area (Å²) in [5, 5.41) is 2.12. The highest BCUT2D eigenvalue weighted by Gasteiger charge is 2.21. The lowest BCUT2D eigenvalue weighted by atomic mass is 10.1. The first-order chi connectivity index (χ1) is 10.8. The predicted octanol–water partition coefficient (Wildman–Crippen LogP) is 2.99. The molecule has 2 aromatic rings. The molecule has 0 N–H and O–H groups in total. The minimum absolute atomic E-state index is 0.231. The van der Waals surface area contributed by atoms with Crippen molar-refractivity contribution < 1.29 is 14.3 Å². The molecule has 0 spiro atoms. The molecule has 0 saturated carbocycles. The van der Waals surface area contributed by atoms with Crippen LogP contribution in [0.4, 0.5) is 0 Å². The van der Waals surface area contributed by atoms with Crippen LogP contribution in [0.25, 0.3) is 0 Å². The molecule has 4 nitrogen and oxygen atoms in total. The second-order valence-electron chi connectivity index (χ2n) is 5.62. The predicted molar refractivity (Wildman–Crippen MR) is 84.3 cm³/mol. The normalized spacial score (nSPS) is 15.7. The molecule has 2 aliphatic heterocycles. The molecule has 5 heteroatoms. The molecule has 0 aliphatic carbocycles. The first-order valence-corrected chi connectivity index (χ1v) is 8.39. The number of amides is 1. The molecule has 22 heavy (non-hydrogen) atoms. The van der Waals surface area contributed by atoms with Crippen LogP contribution < -0.4 is 9.47 Å². The summed E-state index contributed by atoms with van der Waals surface area (Å²) in [4.78, 5) is 15.8. The minimum Gasteiger partial charge on any atom is -0.454 e. The number of fused-ring (bicyclic) bond motifs is 2. The van der Waals surface area contributed by atoms with Crippen molar-refractivity contribution in [2.75, 3.05) is 13.3 Å². The molecule has 0 atom stereocenters. The van der Waals surface area contributed by atoms with E-state index in [0.717, 1.165) is 43.0 Å². The molecule has 1 amide bonds. The lowest BCUT2D eigenvalue weighted by molar-refractivity contribution is -0.132. The van der Waals surface area contributed by atoms with Crippen molar-refractivity contribution in [1.29, 1.82) is 0 Å². The number of nitrogens with zero attached hydrogens (tertiary/aromatic N) is 1. The van der Waals surface area contributed by atoms with Crippen LogP contribution in [0.1, 0.15) is 22.4 Å². The quantitative estimate of drug-likeness (QED) is 0.874. The maximum Gasteiger partial charge on any atom is 0.231 e. The van der Waals surface area contributed by atoms with E-state index in [4.69, 9.17) is 9.47 Å². The van der Waals surface area contributed by atoms with Crippen LogP contribution in [-0.4, -0.2) is 24.1 Å². The van der Waals surface area contributed by atoms with Gasteiger partial charge in [0.1, 0.15) is 0 Å². The molecule has 3 heterocycles. The molecular weight excluding hydrogens is 298 g/mol. The number of hydrogen-bond donors (Lipinski definition) is 0. The molecule has 114 valence electrons. The van der Waals surface area contributed by atoms with E-state index in [9.17, 15) is 4.79 Å². The van der Waals surface area contributed by atoms with Crippen molar-refractivity contribution in [1.82, 2.24) is 4.90 Å². The summed E-state index contributed by atoms with van der Waals surface area (Å²) >= 11 is 1.80. The second kappa shape index (κ2) is 5.65. The van der Waals surface area contributed by atoms with E-state index in [1.54, 1.807) is 11.3 Å². The Kier molecular flexibility index (Phi) is 3.50. The molecule has 1 aromatic heterocycles. The molecule has 0 radical (unpaired) electrons. The third-order valence-corrected chi connectivity index (χ3v) is 5.25. The monoisotopic (exact) mass is 315 g/mol. The summed E-state index contributed by atoms with van der Waals surface area (Å²) in [7, 11) is 0. The van der Waals surface area contributed by atoms with Gasteiger partial charge in [0.15, 0.2) is 11.5 Å². The van der Waals surface area contributed by atoms with E-state index < -0.39 is 0 Å². The highest BCUT2D eigenvalue weighted by molar-refractivity contribution is 7.10. The van der Waals surface area contributed by atoms with Crippen LogP contribution in [0.5, 0.6) is 11.5 Å². The van der Waals surface area contributed by atoms with E-state index in [1.165, 1.54) is 10.4 Å². The van der Waals surface area contributed by atoms with Gasteiger partial charge in [-0.2, -0.15) is 0 Å². The standard InChI is InChI=1S/C17H17NO3S/c19-17(18-7-5-16-13(10-18)6-8-22-16)4-2-12-1-3-14-15(9-12)21-11-20-14/h1,3,6,8-9H,2,4-5,7,10-11H2. The van der Waals surface area contributed by atoms with Gasteiger partial charge in [-0.25, -0.2) is 0 Å². The van der Waals surface area contributed by atoms with Crippen LogP contribution in [0.2, 0.25) is 0 Å². The average molecular weight is 315 g/mol. The number of carbonyl (C=O) groups excluding carboxylic acids is 1. The van der Waals surface area contributed by atoms with Gasteiger partial charge in [0.2, 0.25) is 12.7 Å². The molecule has 1 aromatic carbocycles. The molecule has 0 fully saturated rings. The van der Waals surface area contributed by atoms with Gasteiger partial charge in [-0.15, -0.1) is 11.3 Å². The fraction of sp³-hybridized carbons (Fsp3) is 0.353. The van der Waals surface area contributed by atoms with Crippen LogP contribution in [0.3, 0.4) is 0 Å². The Morgan fingerprint density at radius 3 is 3.09 bits per heavy atom. The van der Waals surface area contributed by atoms with E-state index in [-0.39, 0.29) is 12.7 Å². The van der Waals surface area contributed by atoms with Gasteiger partial charge in [-0.1, -0.05) is 6.07 Å². The number of thiophene rings is 1. The Bertz CT molecular complexity index is 710. The minimum atomic E-state index is 0.231. The SMILES string of the molecule is O=C(CCc1ccc2c(c1)OCO2)N1CCc2sccc2C1. The van der Waals surface area contributed by atoms with Crippen LogP contribution in [0, 0.1) is 0 Å². The van der Waals surface area contributed by atoms with Gasteiger partial charge in [0.25, 0.3) is 0 Å². The van der Waals surface area contributed by atoms with Crippen molar-refractivity contribution in [3.05, 3.63) is 45.6 Å². The van der Waals surface area contributed by atoms with Crippen LogP contribution >= 0.6 is 11.3 Å². The summed E-state index contributed by atoms with van der Waals surface area (Å²) in [6.07, 6.45) is 2.27. The van der Waals surface area contributed by atoms with Crippen LogP contribution in [-0.2, 0) is 24.2 Å². The molecule has 0 bridgehead atoms. The van der Waals surface area contributed by atoms with Gasteiger partial charge in [0, 0.05) is 24.4 Å². The molecule has 0 unspecified atom stereocenters. The van der Waals surface area contributed by atoms with Gasteiger partial charge in [-0.3, -0.25) is 4.79 Å². The Labute approximate surface area is 133 Å². The second-order valence-corrected chi connectivity index (χ2v) is 6.62. The average Bonchev–Trinajstić information content (AvgIpc) is 3.19. The maximum atomic E-state index is 12.4. The zero-order valence-electron chi connectivity index (χ0n) is 12.2. The molecule has 4 rings (SSSR count). The van der Waals surface area contributed by atoms with Crippen molar-refractivity contribution in [3.8, 4) is 11.5 Å². The number of benzene rings is 1. The molecule has 2 aliphatic rings. The molecule has 0 saturated heterocycles. The summed E-state index contributed by atoms with van der Waals surface area (Å²) in [5.41, 5.74) is 2.43. The third-order valence-electron chi connectivity index (χ3n) is 4.22. The third kappa shape index (κ3) is 2.57. The number of aryl methyl sites for hydroxylation is 1. The summed E-state index contributed by atoms with van der Waals surface area (Å²) < 4.78 is 10.7. The number of rotatable bonds is 3. The van der Waals surface area contributed by atoms with Gasteiger partial charge in [0.05, 0.1) is 0 Å². The fourth-order valence-electron chi connectivity index (χ4n) is 2.97. The fourth-order valence-corrected chi connectivity index (χ4v) is 3.86. The van der Waals surface area contributed by atoms with Crippen molar-refractivity contribution in [2.24, 2.45) is 0 Å². The Morgan fingerprint density at radius 2 is 2.14 bits per heavy atom. The van der Waals surface area contributed by atoms with Gasteiger partial charge in [-0.05, 0) is 47.5 Å². The van der Waals surface area contributed by atoms with E-state index in [0.29, 0.717) is 6.42 Å². The maximum absolute atomic E-state index is 12.4. The highest BCUT2D eigenvalue weighted by atomic mass is 32.1. The number of ether oxygens (including phenoxy) is 2. The van der Waals surface area contributed by atoms with Crippen molar-refractivity contribution >= 4 is 17.2 Å².